The van der Waals surface area contributed by atoms with Gasteiger partial charge in [0, 0.05) is 64.4 Å². The summed E-state index contributed by atoms with van der Waals surface area (Å²) in [5.41, 5.74) is 0.927. The number of piperidine rings is 1. The number of ether oxygens (including phenoxy) is 1. The quantitative estimate of drug-likeness (QED) is 0.812. The zero-order valence-corrected chi connectivity index (χ0v) is 16.6. The molecule has 4 saturated heterocycles. The van der Waals surface area contributed by atoms with Gasteiger partial charge in [-0.25, -0.2) is 4.39 Å². The number of rotatable bonds is 6. The molecule has 2 bridgehead atoms. The van der Waals surface area contributed by atoms with Crippen molar-refractivity contribution < 1.29 is 13.9 Å². The molecule has 4 aliphatic rings. The molecule has 0 saturated carbocycles. The molecule has 0 unspecified atom stereocenters. The highest BCUT2D eigenvalue weighted by Crippen LogP contribution is 2.30. The van der Waals surface area contributed by atoms with Crippen molar-refractivity contribution in [2.45, 2.75) is 50.7 Å². The topological polar surface area (TPSA) is 44.8 Å². The van der Waals surface area contributed by atoms with Crippen LogP contribution in [0, 0.1) is 11.7 Å². The summed E-state index contributed by atoms with van der Waals surface area (Å²) < 4.78 is 18.5. The maximum absolute atomic E-state index is 13.0. The van der Waals surface area contributed by atoms with E-state index in [1.165, 1.54) is 31.5 Å². The van der Waals surface area contributed by atoms with Crippen molar-refractivity contribution in [3.8, 4) is 0 Å². The number of fused-ring (bicyclic) bond motifs is 4. The lowest BCUT2D eigenvalue weighted by Gasteiger charge is -2.37. The second-order valence-corrected chi connectivity index (χ2v) is 8.54. The van der Waals surface area contributed by atoms with E-state index >= 15 is 0 Å². The fourth-order valence-electron chi connectivity index (χ4n) is 4.97. The molecule has 1 aromatic carbocycles. The van der Waals surface area contributed by atoms with E-state index < -0.39 is 0 Å². The SMILES string of the molecule is O=C(CCN1C[C@@H]2CC[C@H]1CN(C1CCOCC1)C2)NCc1ccc(F)cc1. The van der Waals surface area contributed by atoms with E-state index in [4.69, 9.17) is 4.74 Å². The maximum Gasteiger partial charge on any atom is 0.221 e. The number of hydrogen-bond acceptors (Lipinski definition) is 4. The van der Waals surface area contributed by atoms with E-state index in [-0.39, 0.29) is 11.7 Å². The van der Waals surface area contributed by atoms with Crippen LogP contribution >= 0.6 is 0 Å². The van der Waals surface area contributed by atoms with Crippen molar-refractivity contribution in [2.75, 3.05) is 39.4 Å². The van der Waals surface area contributed by atoms with E-state index in [0.29, 0.717) is 25.0 Å². The smallest absolute Gasteiger partial charge is 0.221 e. The molecule has 5 rings (SSSR count). The van der Waals surface area contributed by atoms with Crippen LogP contribution in [0.1, 0.15) is 37.7 Å². The first-order valence-electron chi connectivity index (χ1n) is 10.7. The number of amides is 1. The summed E-state index contributed by atoms with van der Waals surface area (Å²) >= 11 is 0. The summed E-state index contributed by atoms with van der Waals surface area (Å²) in [5, 5.41) is 2.97. The summed E-state index contributed by atoms with van der Waals surface area (Å²) in [6.45, 7) is 6.55. The third-order valence-electron chi connectivity index (χ3n) is 6.59. The standard InChI is InChI=1S/C22H32FN3O2/c23-19-4-1-17(2-5-19)13-24-22(27)7-10-25-14-18-3-6-21(25)16-26(15-18)20-8-11-28-12-9-20/h1-2,4-5,18,20-21H,3,6-16H2,(H,24,27)/t18-,21-/m0/s1. The Labute approximate surface area is 167 Å². The van der Waals surface area contributed by atoms with Gasteiger partial charge in [-0.05, 0) is 49.3 Å². The molecule has 154 valence electrons. The first-order valence-corrected chi connectivity index (χ1v) is 10.7. The monoisotopic (exact) mass is 389 g/mol. The van der Waals surface area contributed by atoms with Gasteiger partial charge in [0.05, 0.1) is 0 Å². The van der Waals surface area contributed by atoms with Crippen molar-refractivity contribution in [1.29, 1.82) is 0 Å². The number of hydrogen-bond donors (Lipinski definition) is 1. The lowest BCUT2D eigenvalue weighted by Crippen LogP contribution is -2.47. The minimum Gasteiger partial charge on any atom is -0.381 e. The minimum atomic E-state index is -0.249. The lowest BCUT2D eigenvalue weighted by atomic mass is 9.95. The van der Waals surface area contributed by atoms with Crippen molar-refractivity contribution in [2.24, 2.45) is 5.92 Å². The third kappa shape index (κ3) is 5.10. The number of nitrogens with one attached hydrogen (secondary N) is 1. The van der Waals surface area contributed by atoms with Crippen LogP contribution in [0.15, 0.2) is 24.3 Å². The van der Waals surface area contributed by atoms with E-state index in [1.807, 2.05) is 0 Å². The minimum absolute atomic E-state index is 0.0748. The second-order valence-electron chi connectivity index (χ2n) is 8.54. The number of halogens is 1. The summed E-state index contributed by atoms with van der Waals surface area (Å²) in [5.74, 6) is 0.552. The van der Waals surface area contributed by atoms with Crippen LogP contribution in [0.25, 0.3) is 0 Å². The largest absolute Gasteiger partial charge is 0.381 e. The van der Waals surface area contributed by atoms with Gasteiger partial charge in [0.1, 0.15) is 5.82 Å². The average Bonchev–Trinajstić information content (AvgIpc) is 3.04. The lowest BCUT2D eigenvalue weighted by molar-refractivity contribution is -0.121. The van der Waals surface area contributed by atoms with Gasteiger partial charge in [0.2, 0.25) is 5.91 Å². The Morgan fingerprint density at radius 1 is 1.04 bits per heavy atom. The Morgan fingerprint density at radius 3 is 2.61 bits per heavy atom. The molecule has 4 fully saturated rings. The van der Waals surface area contributed by atoms with Crippen molar-refractivity contribution in [3.05, 3.63) is 35.6 Å². The van der Waals surface area contributed by atoms with E-state index in [0.717, 1.165) is 57.2 Å². The molecule has 0 spiro atoms. The highest BCUT2D eigenvalue weighted by Gasteiger charge is 2.37. The second kappa shape index (κ2) is 9.33. The molecular weight excluding hydrogens is 357 g/mol. The van der Waals surface area contributed by atoms with Gasteiger partial charge in [-0.1, -0.05) is 12.1 Å². The van der Waals surface area contributed by atoms with Crippen LogP contribution in [0.4, 0.5) is 4.39 Å². The predicted molar refractivity (Wildman–Crippen MR) is 106 cm³/mol. The van der Waals surface area contributed by atoms with Crippen molar-refractivity contribution in [1.82, 2.24) is 15.1 Å². The Morgan fingerprint density at radius 2 is 1.82 bits per heavy atom. The van der Waals surface area contributed by atoms with Gasteiger partial charge < -0.3 is 10.1 Å². The van der Waals surface area contributed by atoms with Crippen LogP contribution in [0.5, 0.6) is 0 Å². The first-order chi connectivity index (χ1) is 13.7. The van der Waals surface area contributed by atoms with Crippen LogP contribution in [0.3, 0.4) is 0 Å². The van der Waals surface area contributed by atoms with Gasteiger partial charge >= 0.3 is 0 Å². The zero-order valence-electron chi connectivity index (χ0n) is 16.6. The normalized spacial score (nSPS) is 26.9. The molecular formula is C22H32FN3O2. The fourth-order valence-corrected chi connectivity index (χ4v) is 4.97. The summed E-state index contributed by atoms with van der Waals surface area (Å²) in [4.78, 5) is 17.5. The number of carbonyl (C=O) groups excluding carboxylic acids is 1. The molecule has 2 atom stereocenters. The summed E-state index contributed by atoms with van der Waals surface area (Å²) in [7, 11) is 0. The molecule has 6 heteroatoms. The molecule has 5 nitrogen and oxygen atoms in total. The maximum atomic E-state index is 13.0. The van der Waals surface area contributed by atoms with Gasteiger partial charge in [0.15, 0.2) is 0 Å². The van der Waals surface area contributed by atoms with Crippen LogP contribution in [-0.2, 0) is 16.1 Å². The van der Waals surface area contributed by atoms with Gasteiger partial charge in [-0.15, -0.1) is 0 Å². The first kappa shape index (κ1) is 19.8. The van der Waals surface area contributed by atoms with E-state index in [1.54, 1.807) is 12.1 Å². The molecule has 0 aromatic heterocycles. The van der Waals surface area contributed by atoms with Gasteiger partial charge in [-0.3, -0.25) is 14.6 Å². The van der Waals surface area contributed by atoms with Gasteiger partial charge in [0.25, 0.3) is 0 Å². The molecule has 4 heterocycles. The van der Waals surface area contributed by atoms with Crippen molar-refractivity contribution in [3.63, 3.8) is 0 Å². The molecule has 1 N–H and O–H groups in total. The highest BCUT2D eigenvalue weighted by molar-refractivity contribution is 5.76. The van der Waals surface area contributed by atoms with E-state index in [2.05, 4.69) is 15.1 Å². The van der Waals surface area contributed by atoms with Crippen LogP contribution in [-0.4, -0.2) is 67.2 Å². The number of carbonyl (C=O) groups is 1. The Balaban J connectivity index is 1.24. The number of nitrogens with zero attached hydrogens (tertiary/aromatic N) is 2. The molecule has 4 aliphatic heterocycles. The Kier molecular flexibility index (Phi) is 6.60. The van der Waals surface area contributed by atoms with Crippen LogP contribution in [0.2, 0.25) is 0 Å². The predicted octanol–water partition coefficient (Wildman–Crippen LogP) is 2.41. The molecule has 1 amide bonds. The van der Waals surface area contributed by atoms with Crippen LogP contribution < -0.4 is 5.32 Å². The fraction of sp³-hybridized carbons (Fsp3) is 0.682. The number of benzene rings is 1. The van der Waals surface area contributed by atoms with Crippen molar-refractivity contribution >= 4 is 5.91 Å². The Hall–Kier alpha value is -1.50. The molecule has 0 aliphatic carbocycles. The zero-order chi connectivity index (χ0) is 19.3. The Bertz CT molecular complexity index is 648. The summed E-state index contributed by atoms with van der Waals surface area (Å²) in [6.07, 6.45) is 5.41. The van der Waals surface area contributed by atoms with E-state index in [9.17, 15) is 9.18 Å². The molecule has 1 aromatic rings. The van der Waals surface area contributed by atoms with Gasteiger partial charge in [-0.2, -0.15) is 0 Å². The molecule has 28 heavy (non-hydrogen) atoms. The molecule has 0 radical (unpaired) electrons. The third-order valence-corrected chi connectivity index (χ3v) is 6.59. The average molecular weight is 390 g/mol. The highest BCUT2D eigenvalue weighted by atomic mass is 19.1. The summed E-state index contributed by atoms with van der Waals surface area (Å²) in [6, 6.07) is 7.55.